The molecule has 2 amide bonds. The molecule has 0 aliphatic heterocycles. The molecule has 2 aromatic carbocycles. The van der Waals surface area contributed by atoms with Gasteiger partial charge < -0.3 is 20.8 Å². The maximum atomic E-state index is 12.2. The predicted octanol–water partition coefficient (Wildman–Crippen LogP) is 3.91. The van der Waals surface area contributed by atoms with Gasteiger partial charge in [0.1, 0.15) is 11.5 Å². The molecule has 0 aliphatic rings. The van der Waals surface area contributed by atoms with Gasteiger partial charge in [0.15, 0.2) is 0 Å². The van der Waals surface area contributed by atoms with Crippen LogP contribution in [-0.2, 0) is 16.1 Å². The van der Waals surface area contributed by atoms with E-state index in [9.17, 15) is 9.59 Å². The lowest BCUT2D eigenvalue weighted by Gasteiger charge is -2.11. The topological polar surface area (TPSA) is 97.4 Å². The molecule has 29 heavy (non-hydrogen) atoms. The average Bonchev–Trinajstić information content (AvgIpc) is 3.19. The Balaban J connectivity index is 1.50. The molecule has 0 bridgehead atoms. The standard InChI is InChI=1S/C21H20ClN3O3S/c22-15-7-5-14(6-8-15)18-10-9-16(28-18)11-25-21(27)12-24-17-3-1-2-4-19(17)29-13-20(23)26/h1-10,24H,11-13H2,(H2,23,26)(H,25,27). The van der Waals surface area contributed by atoms with Crippen LogP contribution < -0.4 is 16.4 Å². The van der Waals surface area contributed by atoms with Crippen LogP contribution in [0.15, 0.2) is 70.0 Å². The highest BCUT2D eigenvalue weighted by Crippen LogP contribution is 2.26. The molecular weight excluding hydrogens is 410 g/mol. The molecule has 1 heterocycles. The largest absolute Gasteiger partial charge is 0.459 e. The van der Waals surface area contributed by atoms with E-state index in [4.69, 9.17) is 21.8 Å². The number of carbonyl (C=O) groups is 2. The van der Waals surface area contributed by atoms with Crippen molar-refractivity contribution >= 4 is 40.9 Å². The van der Waals surface area contributed by atoms with Crippen molar-refractivity contribution in [1.82, 2.24) is 5.32 Å². The summed E-state index contributed by atoms with van der Waals surface area (Å²) in [5.74, 6) is 0.979. The minimum Gasteiger partial charge on any atom is -0.459 e. The van der Waals surface area contributed by atoms with E-state index in [2.05, 4.69) is 10.6 Å². The van der Waals surface area contributed by atoms with E-state index >= 15 is 0 Å². The number of hydrogen-bond donors (Lipinski definition) is 3. The van der Waals surface area contributed by atoms with Gasteiger partial charge in [0, 0.05) is 21.2 Å². The summed E-state index contributed by atoms with van der Waals surface area (Å²) in [6, 6.07) is 18.5. The van der Waals surface area contributed by atoms with E-state index in [1.165, 1.54) is 11.8 Å². The molecule has 1 aromatic heterocycles. The Morgan fingerprint density at radius 1 is 1.03 bits per heavy atom. The second-order valence-corrected chi connectivity index (χ2v) is 7.61. The maximum absolute atomic E-state index is 12.2. The predicted molar refractivity (Wildman–Crippen MR) is 116 cm³/mol. The number of amides is 2. The van der Waals surface area contributed by atoms with E-state index in [0.717, 1.165) is 16.1 Å². The lowest BCUT2D eigenvalue weighted by Crippen LogP contribution is -2.29. The second kappa shape index (κ2) is 10.0. The van der Waals surface area contributed by atoms with Crippen LogP contribution >= 0.6 is 23.4 Å². The molecule has 0 aliphatic carbocycles. The molecule has 0 saturated heterocycles. The summed E-state index contributed by atoms with van der Waals surface area (Å²) in [5.41, 5.74) is 6.88. The minimum absolute atomic E-state index is 0.0961. The number of nitrogens with two attached hydrogens (primary N) is 1. The normalized spacial score (nSPS) is 10.5. The summed E-state index contributed by atoms with van der Waals surface area (Å²) in [6.07, 6.45) is 0. The third kappa shape index (κ3) is 6.30. The van der Waals surface area contributed by atoms with Crippen molar-refractivity contribution in [3.63, 3.8) is 0 Å². The molecule has 0 saturated carbocycles. The third-order valence-corrected chi connectivity index (χ3v) is 5.29. The molecule has 3 rings (SSSR count). The molecule has 0 spiro atoms. The number of anilines is 1. The summed E-state index contributed by atoms with van der Waals surface area (Å²) < 4.78 is 5.77. The van der Waals surface area contributed by atoms with Crippen molar-refractivity contribution in [2.45, 2.75) is 11.4 Å². The van der Waals surface area contributed by atoms with Crippen molar-refractivity contribution in [2.24, 2.45) is 5.73 Å². The summed E-state index contributed by atoms with van der Waals surface area (Å²) in [4.78, 5) is 24.0. The van der Waals surface area contributed by atoms with Crippen LogP contribution in [0.5, 0.6) is 0 Å². The molecule has 150 valence electrons. The number of halogens is 1. The molecular formula is C21H20ClN3O3S. The van der Waals surface area contributed by atoms with Crippen LogP contribution in [0.2, 0.25) is 5.02 Å². The number of nitrogens with one attached hydrogen (secondary N) is 2. The minimum atomic E-state index is -0.390. The van der Waals surface area contributed by atoms with Crippen LogP contribution in [0, 0.1) is 0 Å². The van der Waals surface area contributed by atoms with Gasteiger partial charge in [-0.3, -0.25) is 9.59 Å². The van der Waals surface area contributed by atoms with Gasteiger partial charge in [-0.15, -0.1) is 11.8 Å². The molecule has 4 N–H and O–H groups in total. The fourth-order valence-corrected chi connectivity index (χ4v) is 3.45. The van der Waals surface area contributed by atoms with E-state index in [1.807, 2.05) is 48.5 Å². The van der Waals surface area contributed by atoms with Crippen LogP contribution in [0.1, 0.15) is 5.76 Å². The molecule has 0 atom stereocenters. The van der Waals surface area contributed by atoms with Gasteiger partial charge in [0.05, 0.1) is 18.8 Å². The zero-order valence-electron chi connectivity index (χ0n) is 15.5. The van der Waals surface area contributed by atoms with Crippen molar-refractivity contribution in [1.29, 1.82) is 0 Å². The summed E-state index contributed by atoms with van der Waals surface area (Å²) in [6.45, 7) is 0.380. The average molecular weight is 430 g/mol. The number of furan rings is 1. The smallest absolute Gasteiger partial charge is 0.239 e. The van der Waals surface area contributed by atoms with Gasteiger partial charge in [-0.25, -0.2) is 0 Å². The molecule has 8 heteroatoms. The van der Waals surface area contributed by atoms with Gasteiger partial charge in [0.25, 0.3) is 0 Å². The Morgan fingerprint density at radius 2 is 1.79 bits per heavy atom. The van der Waals surface area contributed by atoms with Gasteiger partial charge in [-0.2, -0.15) is 0 Å². The number of rotatable bonds is 9. The Hall–Kier alpha value is -2.90. The zero-order valence-corrected chi connectivity index (χ0v) is 17.1. The molecule has 6 nitrogen and oxygen atoms in total. The van der Waals surface area contributed by atoms with Crippen LogP contribution in [0.25, 0.3) is 11.3 Å². The van der Waals surface area contributed by atoms with Crippen LogP contribution in [0.4, 0.5) is 5.69 Å². The van der Waals surface area contributed by atoms with E-state index in [1.54, 1.807) is 12.1 Å². The van der Waals surface area contributed by atoms with Gasteiger partial charge in [-0.05, 0) is 48.5 Å². The highest BCUT2D eigenvalue weighted by atomic mass is 35.5. The first-order valence-electron chi connectivity index (χ1n) is 8.86. The van der Waals surface area contributed by atoms with Crippen LogP contribution in [0.3, 0.4) is 0 Å². The Kier molecular flexibility index (Phi) is 7.21. The monoisotopic (exact) mass is 429 g/mol. The van der Waals surface area contributed by atoms with Gasteiger partial charge in [0.2, 0.25) is 11.8 Å². The van der Waals surface area contributed by atoms with E-state index < -0.39 is 0 Å². The van der Waals surface area contributed by atoms with Gasteiger partial charge >= 0.3 is 0 Å². The highest BCUT2D eigenvalue weighted by molar-refractivity contribution is 8.00. The van der Waals surface area contributed by atoms with Crippen LogP contribution in [-0.4, -0.2) is 24.1 Å². The quantitative estimate of drug-likeness (QED) is 0.448. The third-order valence-electron chi connectivity index (χ3n) is 3.95. The molecule has 0 fully saturated rings. The summed E-state index contributed by atoms with van der Waals surface area (Å²) in [5, 5.41) is 6.56. The summed E-state index contributed by atoms with van der Waals surface area (Å²) >= 11 is 7.22. The van der Waals surface area contributed by atoms with Crippen molar-refractivity contribution < 1.29 is 14.0 Å². The molecule has 0 radical (unpaired) electrons. The van der Waals surface area contributed by atoms with Crippen molar-refractivity contribution in [3.8, 4) is 11.3 Å². The number of para-hydroxylation sites is 1. The number of thioether (sulfide) groups is 1. The molecule has 3 aromatic rings. The number of carbonyl (C=O) groups excluding carboxylic acids is 2. The lowest BCUT2D eigenvalue weighted by atomic mass is 10.2. The SMILES string of the molecule is NC(=O)CSc1ccccc1NCC(=O)NCc1ccc(-c2ccc(Cl)cc2)o1. The van der Waals surface area contributed by atoms with Crippen molar-refractivity contribution in [3.05, 3.63) is 71.4 Å². The molecule has 0 unspecified atom stereocenters. The van der Waals surface area contributed by atoms with Crippen molar-refractivity contribution in [2.75, 3.05) is 17.6 Å². The summed E-state index contributed by atoms with van der Waals surface area (Å²) in [7, 11) is 0. The first-order chi connectivity index (χ1) is 14.0. The zero-order chi connectivity index (χ0) is 20.6. The maximum Gasteiger partial charge on any atom is 0.239 e. The first kappa shape index (κ1) is 20.8. The van der Waals surface area contributed by atoms with Gasteiger partial charge in [-0.1, -0.05) is 23.7 Å². The Bertz CT molecular complexity index is 989. The first-order valence-corrected chi connectivity index (χ1v) is 10.2. The van der Waals surface area contributed by atoms with E-state index in [-0.39, 0.29) is 30.7 Å². The number of primary amides is 1. The Morgan fingerprint density at radius 3 is 2.55 bits per heavy atom. The lowest BCUT2D eigenvalue weighted by molar-refractivity contribution is -0.119. The highest BCUT2D eigenvalue weighted by Gasteiger charge is 2.09. The fraction of sp³-hybridized carbons (Fsp3) is 0.143. The second-order valence-electron chi connectivity index (χ2n) is 6.15. The fourth-order valence-electron chi connectivity index (χ4n) is 2.55. The Labute approximate surface area is 177 Å². The number of benzene rings is 2. The number of hydrogen-bond acceptors (Lipinski definition) is 5. The van der Waals surface area contributed by atoms with E-state index in [0.29, 0.717) is 16.5 Å².